The van der Waals surface area contributed by atoms with Crippen LogP contribution in [0.4, 0.5) is 0 Å². The lowest BCUT2D eigenvalue weighted by Crippen LogP contribution is -2.46. The summed E-state index contributed by atoms with van der Waals surface area (Å²) in [4.78, 5) is 14.0. The van der Waals surface area contributed by atoms with Gasteiger partial charge in [0.25, 0.3) is 0 Å². The molecule has 20 heavy (non-hydrogen) atoms. The van der Waals surface area contributed by atoms with Crippen LogP contribution in [-0.4, -0.2) is 52.3 Å². The highest BCUT2D eigenvalue weighted by Crippen LogP contribution is 2.20. The van der Waals surface area contributed by atoms with Crippen LogP contribution in [0, 0.1) is 0 Å². The first-order valence-electron chi connectivity index (χ1n) is 6.82. The molecule has 1 aromatic rings. The Bertz CT molecular complexity index is 581. The molecule has 1 amide bonds. The third-order valence-electron chi connectivity index (χ3n) is 3.68. The maximum atomic E-state index is 12.3. The smallest absolute Gasteiger partial charge is 0.249 e. The summed E-state index contributed by atoms with van der Waals surface area (Å²) in [7, 11) is -2.18. The van der Waals surface area contributed by atoms with E-state index < -0.39 is 15.6 Å². The predicted octanol–water partition coefficient (Wildman–Crippen LogP) is 0.380. The molecule has 0 aliphatic carbocycles. The lowest BCUT2D eigenvalue weighted by atomic mass is 10.0. The molecule has 8 heteroatoms. The largest absolute Gasteiger partial charge is 0.339 e. The number of hydrogen-bond donors (Lipinski definition) is 0. The van der Waals surface area contributed by atoms with Gasteiger partial charge >= 0.3 is 0 Å². The van der Waals surface area contributed by atoms with E-state index in [-0.39, 0.29) is 17.1 Å². The minimum absolute atomic E-state index is 0.157. The van der Waals surface area contributed by atoms with Crippen LogP contribution in [0.15, 0.2) is 11.5 Å². The number of sulfone groups is 1. The van der Waals surface area contributed by atoms with E-state index in [1.54, 1.807) is 11.9 Å². The van der Waals surface area contributed by atoms with Gasteiger partial charge in [-0.1, -0.05) is 6.92 Å². The van der Waals surface area contributed by atoms with E-state index in [1.165, 1.54) is 10.9 Å². The van der Waals surface area contributed by atoms with Crippen molar-refractivity contribution in [2.45, 2.75) is 43.8 Å². The molecule has 0 bridgehead atoms. The van der Waals surface area contributed by atoms with Gasteiger partial charge in [0.1, 0.15) is 12.1 Å². The van der Waals surface area contributed by atoms with Crippen molar-refractivity contribution in [2.75, 3.05) is 12.3 Å². The fourth-order valence-corrected chi connectivity index (χ4v) is 3.90. The average molecular weight is 300 g/mol. The monoisotopic (exact) mass is 300 g/mol. The summed E-state index contributed by atoms with van der Waals surface area (Å²) in [5.74, 6) is -0.865. The Labute approximate surface area is 118 Å². The van der Waals surface area contributed by atoms with Crippen LogP contribution >= 0.6 is 0 Å². The number of hydrogen-bond acceptors (Lipinski definition) is 5. The summed E-state index contributed by atoms with van der Waals surface area (Å²) in [5, 5.41) is 6.97. The molecule has 1 saturated heterocycles. The molecule has 1 aliphatic rings. The predicted molar refractivity (Wildman–Crippen MR) is 72.7 cm³/mol. The molecule has 7 nitrogen and oxygen atoms in total. The zero-order chi connectivity index (χ0) is 14.8. The van der Waals surface area contributed by atoms with Gasteiger partial charge in [-0.3, -0.25) is 4.79 Å². The van der Waals surface area contributed by atoms with Crippen LogP contribution < -0.4 is 0 Å². The standard InChI is InChI=1S/C12H20N4O3S/c1-3-10-6-4-5-7-16(10)11(17)8-20(18,19)12-14-13-9-15(12)2/h9-10H,3-8H2,1-2H3/t10-/m0/s1. The molecule has 0 N–H and O–H groups in total. The van der Waals surface area contributed by atoms with Crippen molar-refractivity contribution in [2.24, 2.45) is 7.05 Å². The Morgan fingerprint density at radius 1 is 1.45 bits per heavy atom. The number of nitrogens with zero attached hydrogens (tertiary/aromatic N) is 4. The molecule has 2 heterocycles. The molecule has 0 radical (unpaired) electrons. The van der Waals surface area contributed by atoms with Crippen molar-refractivity contribution in [1.29, 1.82) is 0 Å². The van der Waals surface area contributed by atoms with Gasteiger partial charge < -0.3 is 9.47 Å². The van der Waals surface area contributed by atoms with Gasteiger partial charge in [-0.25, -0.2) is 8.42 Å². The van der Waals surface area contributed by atoms with Crippen LogP contribution in [0.25, 0.3) is 0 Å². The Hall–Kier alpha value is -1.44. The van der Waals surface area contributed by atoms with Crippen molar-refractivity contribution in [3.8, 4) is 0 Å². The van der Waals surface area contributed by atoms with Gasteiger partial charge in [0.2, 0.25) is 20.9 Å². The second-order valence-electron chi connectivity index (χ2n) is 5.13. The second kappa shape index (κ2) is 5.90. The van der Waals surface area contributed by atoms with Crippen LogP contribution in [0.3, 0.4) is 0 Å². The molecule has 1 aromatic heterocycles. The van der Waals surface area contributed by atoms with Crippen LogP contribution in [0.2, 0.25) is 0 Å². The zero-order valence-corrected chi connectivity index (χ0v) is 12.6. The van der Waals surface area contributed by atoms with E-state index in [2.05, 4.69) is 10.2 Å². The number of amides is 1. The highest BCUT2D eigenvalue weighted by atomic mass is 32.2. The number of aryl methyl sites for hydroxylation is 1. The van der Waals surface area contributed by atoms with Crippen molar-refractivity contribution < 1.29 is 13.2 Å². The first-order chi connectivity index (χ1) is 9.45. The molecule has 2 rings (SSSR count). The van der Waals surface area contributed by atoms with Crippen molar-refractivity contribution in [3.63, 3.8) is 0 Å². The summed E-state index contributed by atoms with van der Waals surface area (Å²) < 4.78 is 25.7. The Morgan fingerprint density at radius 2 is 2.20 bits per heavy atom. The van der Waals surface area contributed by atoms with E-state index in [9.17, 15) is 13.2 Å². The summed E-state index contributed by atoms with van der Waals surface area (Å²) in [6.07, 6.45) is 5.15. The number of likely N-dealkylation sites (tertiary alicyclic amines) is 1. The zero-order valence-electron chi connectivity index (χ0n) is 11.8. The SMILES string of the molecule is CC[C@H]1CCCCN1C(=O)CS(=O)(=O)c1nncn1C. The highest BCUT2D eigenvalue weighted by Gasteiger charge is 2.31. The maximum Gasteiger partial charge on any atom is 0.249 e. The highest BCUT2D eigenvalue weighted by molar-refractivity contribution is 7.91. The van der Waals surface area contributed by atoms with E-state index in [1.807, 2.05) is 6.92 Å². The lowest BCUT2D eigenvalue weighted by molar-refractivity contribution is -0.132. The van der Waals surface area contributed by atoms with Gasteiger partial charge in [0.15, 0.2) is 0 Å². The topological polar surface area (TPSA) is 85.2 Å². The molecule has 112 valence electrons. The van der Waals surface area contributed by atoms with Crippen molar-refractivity contribution >= 4 is 15.7 Å². The third kappa shape index (κ3) is 3.00. The Morgan fingerprint density at radius 3 is 2.80 bits per heavy atom. The number of aromatic nitrogens is 3. The first kappa shape index (κ1) is 15.0. The van der Waals surface area contributed by atoms with Gasteiger partial charge in [-0.2, -0.15) is 0 Å². The normalized spacial score (nSPS) is 20.1. The number of carbonyl (C=O) groups excluding carboxylic acids is 1. The molecule has 1 atom stereocenters. The maximum absolute atomic E-state index is 12.3. The third-order valence-corrected chi connectivity index (χ3v) is 5.23. The number of piperidine rings is 1. The van der Waals surface area contributed by atoms with Crippen LogP contribution in [-0.2, 0) is 21.7 Å². The summed E-state index contributed by atoms with van der Waals surface area (Å²) in [6.45, 7) is 2.67. The van der Waals surface area contributed by atoms with Crippen LogP contribution in [0.1, 0.15) is 32.6 Å². The van der Waals surface area contributed by atoms with Gasteiger partial charge in [0.05, 0.1) is 0 Å². The van der Waals surface area contributed by atoms with Gasteiger partial charge in [-0.05, 0) is 25.7 Å². The number of carbonyl (C=O) groups is 1. The molecule has 0 aromatic carbocycles. The minimum Gasteiger partial charge on any atom is -0.339 e. The minimum atomic E-state index is -3.73. The van der Waals surface area contributed by atoms with Crippen molar-refractivity contribution in [3.05, 3.63) is 6.33 Å². The Balaban J connectivity index is 2.13. The number of rotatable bonds is 4. The molecular weight excluding hydrogens is 280 g/mol. The molecule has 1 aliphatic heterocycles. The fraction of sp³-hybridized carbons (Fsp3) is 0.750. The summed E-state index contributed by atoms with van der Waals surface area (Å²) in [5.41, 5.74) is 0. The summed E-state index contributed by atoms with van der Waals surface area (Å²) >= 11 is 0. The van der Waals surface area contributed by atoms with Crippen molar-refractivity contribution in [1.82, 2.24) is 19.7 Å². The van der Waals surface area contributed by atoms with Gasteiger partial charge in [-0.15, -0.1) is 10.2 Å². The van der Waals surface area contributed by atoms with E-state index in [4.69, 9.17) is 0 Å². The second-order valence-corrected chi connectivity index (χ2v) is 7.01. The molecule has 0 spiro atoms. The fourth-order valence-electron chi connectivity index (χ4n) is 2.62. The molecule has 1 fully saturated rings. The van der Waals surface area contributed by atoms with E-state index >= 15 is 0 Å². The molecular formula is C12H20N4O3S. The van der Waals surface area contributed by atoms with E-state index in [0.29, 0.717) is 6.54 Å². The van der Waals surface area contributed by atoms with Gasteiger partial charge in [0, 0.05) is 19.6 Å². The quantitative estimate of drug-likeness (QED) is 0.802. The summed E-state index contributed by atoms with van der Waals surface area (Å²) in [6, 6.07) is 0.158. The van der Waals surface area contributed by atoms with Crippen LogP contribution in [0.5, 0.6) is 0 Å². The average Bonchev–Trinajstić information content (AvgIpc) is 2.85. The molecule has 0 unspecified atom stereocenters. The van der Waals surface area contributed by atoms with E-state index in [0.717, 1.165) is 25.7 Å². The molecule has 0 saturated carbocycles. The lowest BCUT2D eigenvalue weighted by Gasteiger charge is -2.35. The Kier molecular flexibility index (Phi) is 4.42. The first-order valence-corrected chi connectivity index (χ1v) is 8.47.